The van der Waals surface area contributed by atoms with Gasteiger partial charge in [0.25, 0.3) is 5.91 Å². The van der Waals surface area contributed by atoms with E-state index in [1.807, 2.05) is 19.3 Å². The minimum absolute atomic E-state index is 0.0173. The lowest BCUT2D eigenvalue weighted by atomic mass is 10.0. The molecule has 12 heteroatoms. The van der Waals surface area contributed by atoms with Crippen molar-refractivity contribution in [3.8, 4) is 0 Å². The van der Waals surface area contributed by atoms with Gasteiger partial charge in [0.15, 0.2) is 5.82 Å². The average molecular weight is 554 g/mol. The first-order valence-electron chi connectivity index (χ1n) is 13.2. The van der Waals surface area contributed by atoms with Crippen molar-refractivity contribution in [2.24, 2.45) is 0 Å². The van der Waals surface area contributed by atoms with Gasteiger partial charge < -0.3 is 19.5 Å². The van der Waals surface area contributed by atoms with E-state index >= 15 is 4.39 Å². The molecule has 4 heterocycles. The standard InChI is InChI=1S/C28H30F3N7O2/c1-3-17-13-32-28(33-14-17)37-6-4-19(5-7-37)38-15-23(31)25-24(34-16-35-26(25)38)11-18-10-22(30)20(12-21(18)29)27(40)36(2)8-9-39/h10,12-16,19,39H,3-9,11H2,1-2H3. The molecule has 0 unspecified atom stereocenters. The highest BCUT2D eigenvalue weighted by Crippen LogP contribution is 2.31. The van der Waals surface area contributed by atoms with Gasteiger partial charge in [-0.2, -0.15) is 0 Å². The summed E-state index contributed by atoms with van der Waals surface area (Å²) in [6.45, 7) is 3.11. The molecule has 210 valence electrons. The molecule has 1 amide bonds. The predicted molar refractivity (Wildman–Crippen MR) is 143 cm³/mol. The third kappa shape index (κ3) is 5.35. The van der Waals surface area contributed by atoms with Crippen LogP contribution in [0.3, 0.4) is 0 Å². The summed E-state index contributed by atoms with van der Waals surface area (Å²) in [5.41, 5.74) is 1.18. The van der Waals surface area contributed by atoms with E-state index in [9.17, 15) is 13.6 Å². The van der Waals surface area contributed by atoms with Gasteiger partial charge >= 0.3 is 0 Å². The van der Waals surface area contributed by atoms with E-state index in [-0.39, 0.29) is 42.3 Å². The largest absolute Gasteiger partial charge is 0.395 e. The van der Waals surface area contributed by atoms with Crippen molar-refractivity contribution >= 4 is 22.9 Å². The molecule has 0 atom stereocenters. The number of aliphatic hydroxyl groups excluding tert-OH is 1. The number of amides is 1. The third-order valence-corrected chi connectivity index (χ3v) is 7.39. The van der Waals surface area contributed by atoms with Crippen molar-refractivity contribution in [1.29, 1.82) is 0 Å². The van der Waals surface area contributed by atoms with E-state index in [1.54, 1.807) is 4.57 Å². The quantitative estimate of drug-likeness (QED) is 0.355. The lowest BCUT2D eigenvalue weighted by Gasteiger charge is -2.32. The topological polar surface area (TPSA) is 100 Å². The number of aromatic nitrogens is 5. The maximum absolute atomic E-state index is 15.3. The highest BCUT2D eigenvalue weighted by Gasteiger charge is 2.26. The molecule has 1 N–H and O–H groups in total. The Morgan fingerprint density at radius 3 is 2.45 bits per heavy atom. The number of fused-ring (bicyclic) bond motifs is 1. The molecule has 5 rings (SSSR count). The molecule has 0 radical (unpaired) electrons. The van der Waals surface area contributed by atoms with Gasteiger partial charge in [-0.15, -0.1) is 0 Å². The SMILES string of the molecule is CCc1cnc(N2CCC(n3cc(F)c4c(Cc5cc(F)c(C(=O)N(C)CCO)cc5F)ncnc43)CC2)nc1. The van der Waals surface area contributed by atoms with Crippen molar-refractivity contribution in [2.75, 3.05) is 38.2 Å². The Labute approximate surface area is 229 Å². The summed E-state index contributed by atoms with van der Waals surface area (Å²) in [6.07, 6.45) is 8.48. The Hall–Kier alpha value is -4.06. The number of hydrogen-bond donors (Lipinski definition) is 1. The van der Waals surface area contributed by atoms with E-state index in [1.165, 1.54) is 19.6 Å². The number of halogens is 3. The van der Waals surface area contributed by atoms with Gasteiger partial charge in [-0.05, 0) is 42.5 Å². The zero-order chi connectivity index (χ0) is 28.4. The van der Waals surface area contributed by atoms with E-state index in [0.29, 0.717) is 24.7 Å². The molecule has 1 aliphatic heterocycles. The Kier molecular flexibility index (Phi) is 7.97. The molecule has 1 aromatic carbocycles. The first-order chi connectivity index (χ1) is 19.3. The number of aryl methyl sites for hydroxylation is 1. The second kappa shape index (κ2) is 11.6. The van der Waals surface area contributed by atoms with E-state index in [4.69, 9.17) is 5.11 Å². The van der Waals surface area contributed by atoms with Gasteiger partial charge in [0.05, 0.1) is 23.3 Å². The fourth-order valence-corrected chi connectivity index (χ4v) is 5.07. The molecule has 0 aliphatic carbocycles. The van der Waals surface area contributed by atoms with Crippen LogP contribution in [0.1, 0.15) is 53.0 Å². The molecule has 40 heavy (non-hydrogen) atoms. The van der Waals surface area contributed by atoms with Gasteiger partial charge in [0.1, 0.15) is 23.6 Å². The van der Waals surface area contributed by atoms with Crippen LogP contribution in [0.25, 0.3) is 11.0 Å². The van der Waals surface area contributed by atoms with Crippen LogP contribution < -0.4 is 4.90 Å². The van der Waals surface area contributed by atoms with Crippen LogP contribution >= 0.6 is 0 Å². The van der Waals surface area contributed by atoms with Gasteiger partial charge in [0, 0.05) is 57.7 Å². The molecule has 0 bridgehead atoms. The Bertz CT molecular complexity index is 1520. The second-order valence-electron chi connectivity index (χ2n) is 9.92. The molecular weight excluding hydrogens is 523 g/mol. The fraction of sp³-hybridized carbons (Fsp3) is 0.393. The third-order valence-electron chi connectivity index (χ3n) is 7.39. The van der Waals surface area contributed by atoms with Crippen molar-refractivity contribution in [1.82, 2.24) is 29.4 Å². The first-order valence-corrected chi connectivity index (χ1v) is 13.2. The summed E-state index contributed by atoms with van der Waals surface area (Å²) < 4.78 is 46.9. The number of anilines is 1. The maximum Gasteiger partial charge on any atom is 0.256 e. The number of benzene rings is 1. The minimum Gasteiger partial charge on any atom is -0.395 e. The number of likely N-dealkylation sites (N-methyl/N-ethyl adjacent to an activating group) is 1. The molecule has 1 saturated heterocycles. The molecule has 0 spiro atoms. The van der Waals surface area contributed by atoms with Gasteiger partial charge in [0.2, 0.25) is 5.95 Å². The van der Waals surface area contributed by atoms with Crippen molar-refractivity contribution < 1.29 is 23.1 Å². The molecule has 0 saturated carbocycles. The van der Waals surface area contributed by atoms with E-state index < -0.39 is 28.9 Å². The van der Waals surface area contributed by atoms with Crippen LogP contribution in [0.5, 0.6) is 0 Å². The fourth-order valence-electron chi connectivity index (χ4n) is 5.07. The first kappa shape index (κ1) is 27.5. The summed E-state index contributed by atoms with van der Waals surface area (Å²) in [4.78, 5) is 33.0. The maximum atomic E-state index is 15.3. The highest BCUT2D eigenvalue weighted by molar-refractivity contribution is 5.94. The molecule has 9 nitrogen and oxygen atoms in total. The normalized spacial score (nSPS) is 14.2. The van der Waals surface area contributed by atoms with Crippen LogP contribution in [0.15, 0.2) is 37.1 Å². The van der Waals surface area contributed by atoms with Gasteiger partial charge in [-0.25, -0.2) is 33.1 Å². The van der Waals surface area contributed by atoms with Crippen molar-refractivity contribution in [3.63, 3.8) is 0 Å². The predicted octanol–water partition coefficient (Wildman–Crippen LogP) is 3.70. The van der Waals surface area contributed by atoms with Crippen molar-refractivity contribution in [2.45, 2.75) is 38.6 Å². The van der Waals surface area contributed by atoms with E-state index in [2.05, 4.69) is 24.8 Å². The molecular formula is C28H30F3N7O2. The second-order valence-corrected chi connectivity index (χ2v) is 9.92. The zero-order valence-corrected chi connectivity index (χ0v) is 22.3. The molecule has 1 fully saturated rings. The smallest absolute Gasteiger partial charge is 0.256 e. The zero-order valence-electron chi connectivity index (χ0n) is 22.3. The van der Waals surface area contributed by atoms with Gasteiger partial charge in [-0.3, -0.25) is 4.79 Å². The molecule has 1 aliphatic rings. The number of hydrogen-bond acceptors (Lipinski definition) is 7. The highest BCUT2D eigenvalue weighted by atomic mass is 19.1. The lowest BCUT2D eigenvalue weighted by Crippen LogP contribution is -2.35. The number of carbonyl (C=O) groups is 1. The van der Waals surface area contributed by atoms with Crippen LogP contribution in [0.2, 0.25) is 0 Å². The minimum atomic E-state index is -0.908. The number of rotatable bonds is 8. The summed E-state index contributed by atoms with van der Waals surface area (Å²) in [6, 6.07) is 1.74. The van der Waals surface area contributed by atoms with Crippen LogP contribution in [0.4, 0.5) is 19.1 Å². The van der Waals surface area contributed by atoms with Crippen LogP contribution in [-0.2, 0) is 12.8 Å². The molecule has 3 aromatic heterocycles. The summed E-state index contributed by atoms with van der Waals surface area (Å²) in [5.74, 6) is -2.33. The Morgan fingerprint density at radius 1 is 1.05 bits per heavy atom. The Morgan fingerprint density at radius 2 is 1.77 bits per heavy atom. The summed E-state index contributed by atoms with van der Waals surface area (Å²) in [7, 11) is 1.39. The molecule has 4 aromatic rings. The van der Waals surface area contributed by atoms with Crippen LogP contribution in [0, 0.1) is 17.5 Å². The summed E-state index contributed by atoms with van der Waals surface area (Å²) >= 11 is 0. The van der Waals surface area contributed by atoms with Gasteiger partial charge in [-0.1, -0.05) is 6.92 Å². The number of piperidine rings is 1. The number of nitrogens with zero attached hydrogens (tertiary/aromatic N) is 7. The number of aliphatic hydroxyl groups is 1. The average Bonchev–Trinajstić information content (AvgIpc) is 3.31. The lowest BCUT2D eigenvalue weighted by molar-refractivity contribution is 0.0761. The van der Waals surface area contributed by atoms with Crippen molar-refractivity contribution in [3.05, 3.63) is 76.9 Å². The monoisotopic (exact) mass is 553 g/mol. The van der Waals surface area contributed by atoms with E-state index in [0.717, 1.165) is 41.9 Å². The summed E-state index contributed by atoms with van der Waals surface area (Å²) in [5, 5.41) is 9.18. The Balaban J connectivity index is 1.36. The van der Waals surface area contributed by atoms with Crippen LogP contribution in [-0.4, -0.2) is 73.7 Å². The number of carbonyl (C=O) groups excluding carboxylic acids is 1.